The van der Waals surface area contributed by atoms with Crippen LogP contribution in [0, 0.1) is 0 Å². The van der Waals surface area contributed by atoms with Crippen molar-refractivity contribution in [3.05, 3.63) is 58.5 Å². The number of ether oxygens (including phenoxy) is 1. The lowest BCUT2D eigenvalue weighted by Gasteiger charge is -2.06. The summed E-state index contributed by atoms with van der Waals surface area (Å²) in [6.07, 6.45) is 0. The molecule has 2 N–H and O–H groups in total. The fourth-order valence-corrected chi connectivity index (χ4v) is 2.24. The van der Waals surface area contributed by atoms with E-state index in [4.69, 9.17) is 9.84 Å². The van der Waals surface area contributed by atoms with E-state index < -0.39 is 5.97 Å². The zero-order chi connectivity index (χ0) is 15.0. The number of carbonyl (C=O) groups is 1. The van der Waals surface area contributed by atoms with Gasteiger partial charge in [-0.25, -0.2) is 9.59 Å². The lowest BCUT2D eigenvalue weighted by Crippen LogP contribution is -2.14. The number of benzene rings is 2. The number of fused-ring (bicyclic) bond motifs is 1. The maximum absolute atomic E-state index is 12.1. The van der Waals surface area contributed by atoms with E-state index in [1.165, 1.54) is 16.7 Å². The SMILES string of the molecule is COc1cccc(-n2c(=O)[nH]c3ccc(C(=O)O)cc32)c1. The van der Waals surface area contributed by atoms with Crippen molar-refractivity contribution < 1.29 is 14.6 Å². The van der Waals surface area contributed by atoms with E-state index in [1.54, 1.807) is 37.4 Å². The molecule has 0 unspecified atom stereocenters. The molecule has 0 bridgehead atoms. The van der Waals surface area contributed by atoms with Crippen LogP contribution in [-0.4, -0.2) is 27.7 Å². The van der Waals surface area contributed by atoms with Crippen LogP contribution < -0.4 is 10.4 Å². The number of carboxylic acids is 1. The smallest absolute Gasteiger partial charge is 0.335 e. The molecule has 0 aliphatic carbocycles. The third kappa shape index (κ3) is 2.16. The number of aromatic amines is 1. The fourth-order valence-electron chi connectivity index (χ4n) is 2.24. The van der Waals surface area contributed by atoms with Crippen LogP contribution in [0.4, 0.5) is 0 Å². The van der Waals surface area contributed by atoms with Gasteiger partial charge in [-0.1, -0.05) is 6.07 Å². The highest BCUT2D eigenvalue weighted by Crippen LogP contribution is 2.20. The molecule has 1 heterocycles. The van der Waals surface area contributed by atoms with Crippen molar-refractivity contribution in [1.29, 1.82) is 0 Å². The molecule has 0 spiro atoms. The van der Waals surface area contributed by atoms with Gasteiger partial charge in [0.25, 0.3) is 0 Å². The average Bonchev–Trinajstić information content (AvgIpc) is 2.82. The van der Waals surface area contributed by atoms with E-state index in [-0.39, 0.29) is 11.3 Å². The van der Waals surface area contributed by atoms with E-state index in [0.717, 1.165) is 0 Å². The predicted octanol–water partition coefficient (Wildman–Crippen LogP) is 2.03. The second-order valence-corrected chi connectivity index (χ2v) is 4.50. The van der Waals surface area contributed by atoms with E-state index in [2.05, 4.69) is 4.98 Å². The molecule has 0 amide bonds. The zero-order valence-electron chi connectivity index (χ0n) is 11.2. The number of H-pyrrole nitrogens is 1. The third-order valence-electron chi connectivity index (χ3n) is 3.24. The molecule has 0 radical (unpaired) electrons. The minimum Gasteiger partial charge on any atom is -0.497 e. The Labute approximate surface area is 119 Å². The van der Waals surface area contributed by atoms with Crippen LogP contribution in [0.15, 0.2) is 47.3 Å². The van der Waals surface area contributed by atoms with E-state index in [1.807, 2.05) is 0 Å². The van der Waals surface area contributed by atoms with Gasteiger partial charge in [-0.2, -0.15) is 0 Å². The summed E-state index contributed by atoms with van der Waals surface area (Å²) in [5.41, 5.74) is 1.48. The van der Waals surface area contributed by atoms with Crippen molar-refractivity contribution in [2.24, 2.45) is 0 Å². The molecule has 0 saturated heterocycles. The van der Waals surface area contributed by atoms with Crippen LogP contribution in [0.5, 0.6) is 5.75 Å². The molecule has 106 valence electrons. The average molecular weight is 284 g/mol. The first kappa shape index (κ1) is 13.0. The van der Waals surface area contributed by atoms with Crippen LogP contribution in [-0.2, 0) is 0 Å². The Kier molecular flexibility index (Phi) is 2.98. The number of aromatic carboxylic acids is 1. The first-order chi connectivity index (χ1) is 10.1. The monoisotopic (exact) mass is 284 g/mol. The first-order valence-electron chi connectivity index (χ1n) is 6.22. The topological polar surface area (TPSA) is 84.3 Å². The van der Waals surface area contributed by atoms with Gasteiger partial charge in [0.15, 0.2) is 0 Å². The maximum atomic E-state index is 12.1. The summed E-state index contributed by atoms with van der Waals surface area (Å²) < 4.78 is 6.57. The minimum absolute atomic E-state index is 0.123. The van der Waals surface area contributed by atoms with Crippen molar-refractivity contribution in [3.8, 4) is 11.4 Å². The number of hydrogen-bond donors (Lipinski definition) is 2. The highest BCUT2D eigenvalue weighted by Gasteiger charge is 2.12. The lowest BCUT2D eigenvalue weighted by molar-refractivity contribution is 0.0697. The number of methoxy groups -OCH3 is 1. The number of rotatable bonds is 3. The Bertz CT molecular complexity index is 892. The normalized spacial score (nSPS) is 10.7. The molecule has 3 aromatic rings. The Morgan fingerprint density at radius 2 is 2.05 bits per heavy atom. The quantitative estimate of drug-likeness (QED) is 0.770. The van der Waals surface area contributed by atoms with Crippen LogP contribution >= 0.6 is 0 Å². The fraction of sp³-hybridized carbons (Fsp3) is 0.0667. The standard InChI is InChI=1S/C15H12N2O4/c1-21-11-4-2-3-10(8-11)17-13-7-9(14(18)19)5-6-12(13)16-15(17)20/h2-8H,1H3,(H,16,20)(H,18,19). The number of nitrogens with zero attached hydrogens (tertiary/aromatic N) is 1. The molecule has 0 atom stereocenters. The lowest BCUT2D eigenvalue weighted by atomic mass is 10.2. The van der Waals surface area contributed by atoms with Crippen LogP contribution in [0.2, 0.25) is 0 Å². The van der Waals surface area contributed by atoms with Crippen molar-refractivity contribution >= 4 is 17.0 Å². The molecule has 1 aromatic heterocycles. The number of nitrogens with one attached hydrogen (secondary N) is 1. The van der Waals surface area contributed by atoms with Gasteiger partial charge in [0.2, 0.25) is 0 Å². The summed E-state index contributed by atoms with van der Waals surface area (Å²) in [6.45, 7) is 0. The summed E-state index contributed by atoms with van der Waals surface area (Å²) in [7, 11) is 1.54. The Balaban J connectivity index is 2.30. The zero-order valence-corrected chi connectivity index (χ0v) is 11.2. The van der Waals surface area contributed by atoms with Gasteiger partial charge in [-0.05, 0) is 30.3 Å². The molecule has 0 saturated carbocycles. The number of imidazole rings is 1. The van der Waals surface area contributed by atoms with Gasteiger partial charge in [0.1, 0.15) is 5.75 Å². The van der Waals surface area contributed by atoms with Gasteiger partial charge in [-0.15, -0.1) is 0 Å². The minimum atomic E-state index is -1.04. The number of hydrogen-bond acceptors (Lipinski definition) is 3. The van der Waals surface area contributed by atoms with Gasteiger partial charge in [0.05, 0.1) is 29.4 Å². The van der Waals surface area contributed by atoms with Crippen LogP contribution in [0.3, 0.4) is 0 Å². The molecule has 0 fully saturated rings. The van der Waals surface area contributed by atoms with Crippen LogP contribution in [0.25, 0.3) is 16.7 Å². The molecule has 0 aliphatic rings. The molecular weight excluding hydrogens is 272 g/mol. The van der Waals surface area contributed by atoms with E-state index in [9.17, 15) is 9.59 Å². The molecule has 0 aliphatic heterocycles. The number of aromatic nitrogens is 2. The molecule has 6 nitrogen and oxygen atoms in total. The summed E-state index contributed by atoms with van der Waals surface area (Å²) in [5.74, 6) is -0.425. The molecule has 6 heteroatoms. The van der Waals surface area contributed by atoms with Crippen LogP contribution in [0.1, 0.15) is 10.4 Å². The van der Waals surface area contributed by atoms with Crippen molar-refractivity contribution in [3.63, 3.8) is 0 Å². The Morgan fingerprint density at radius 3 is 2.76 bits per heavy atom. The summed E-state index contributed by atoms with van der Waals surface area (Å²) >= 11 is 0. The van der Waals surface area contributed by atoms with Crippen molar-refractivity contribution in [2.45, 2.75) is 0 Å². The summed E-state index contributed by atoms with van der Waals surface area (Å²) in [5, 5.41) is 9.08. The van der Waals surface area contributed by atoms with Crippen molar-refractivity contribution in [1.82, 2.24) is 9.55 Å². The van der Waals surface area contributed by atoms with Crippen molar-refractivity contribution in [2.75, 3.05) is 7.11 Å². The van der Waals surface area contributed by atoms with Gasteiger partial charge in [0, 0.05) is 6.07 Å². The Morgan fingerprint density at radius 1 is 1.24 bits per heavy atom. The van der Waals surface area contributed by atoms with Gasteiger partial charge < -0.3 is 14.8 Å². The Hall–Kier alpha value is -3.02. The molecule has 2 aromatic carbocycles. The second kappa shape index (κ2) is 4.82. The molecular formula is C15H12N2O4. The molecule has 21 heavy (non-hydrogen) atoms. The largest absolute Gasteiger partial charge is 0.497 e. The maximum Gasteiger partial charge on any atom is 0.335 e. The number of carboxylic acid groups (broad SMARTS) is 1. The highest BCUT2D eigenvalue weighted by molar-refractivity contribution is 5.92. The summed E-state index contributed by atoms with van der Waals surface area (Å²) in [6, 6.07) is 11.5. The predicted molar refractivity (Wildman–Crippen MR) is 77.4 cm³/mol. The van der Waals surface area contributed by atoms with Gasteiger partial charge in [-0.3, -0.25) is 4.57 Å². The van der Waals surface area contributed by atoms with Gasteiger partial charge >= 0.3 is 11.7 Å². The van der Waals surface area contributed by atoms with E-state index in [0.29, 0.717) is 22.5 Å². The molecule has 3 rings (SSSR count). The first-order valence-corrected chi connectivity index (χ1v) is 6.22. The highest BCUT2D eigenvalue weighted by atomic mass is 16.5. The third-order valence-corrected chi connectivity index (χ3v) is 3.24. The van der Waals surface area contributed by atoms with E-state index >= 15 is 0 Å². The summed E-state index contributed by atoms with van der Waals surface area (Å²) in [4.78, 5) is 25.9. The second-order valence-electron chi connectivity index (χ2n) is 4.50.